The summed E-state index contributed by atoms with van der Waals surface area (Å²) >= 11 is 0. The standard InChI is InChI=1S/C21H30N6O2/c22-21(29)18-13-15(12-16-14-24-25-20(16)18)2-3-19(28)27-9-4-17(5-10-27)26-8-1-6-23-7-11-26/h12-14,17,23H,1-11H2,(H2,22,29)(H,24,25). The molecular weight excluding hydrogens is 368 g/mol. The van der Waals surface area contributed by atoms with Crippen LogP contribution in [0.25, 0.3) is 10.9 Å². The summed E-state index contributed by atoms with van der Waals surface area (Å²) in [5.74, 6) is -0.299. The SMILES string of the molecule is NC(=O)c1cc(CCC(=O)N2CCC(N3CCCNCC3)CC2)cc2cn[nH]c12. The molecule has 1 aromatic carbocycles. The molecule has 0 radical (unpaired) electrons. The second-order valence-electron chi connectivity index (χ2n) is 8.09. The summed E-state index contributed by atoms with van der Waals surface area (Å²) in [6.45, 7) is 6.10. The van der Waals surface area contributed by atoms with E-state index in [9.17, 15) is 9.59 Å². The number of amides is 2. The van der Waals surface area contributed by atoms with E-state index < -0.39 is 5.91 Å². The summed E-state index contributed by atoms with van der Waals surface area (Å²) in [5, 5.41) is 11.1. The number of primary amides is 1. The van der Waals surface area contributed by atoms with E-state index in [0.717, 1.165) is 63.1 Å². The molecule has 4 N–H and O–H groups in total. The number of aromatic amines is 1. The summed E-state index contributed by atoms with van der Waals surface area (Å²) in [6.07, 6.45) is 6.03. The maximum atomic E-state index is 12.7. The Labute approximate surface area is 170 Å². The van der Waals surface area contributed by atoms with Crippen LogP contribution in [0.15, 0.2) is 18.3 Å². The van der Waals surface area contributed by atoms with Gasteiger partial charge in [0.1, 0.15) is 0 Å². The van der Waals surface area contributed by atoms with Crippen molar-refractivity contribution in [2.45, 2.75) is 38.1 Å². The topological polar surface area (TPSA) is 107 Å². The van der Waals surface area contributed by atoms with Gasteiger partial charge in [0, 0.05) is 44.0 Å². The summed E-state index contributed by atoms with van der Waals surface area (Å²) in [7, 11) is 0. The van der Waals surface area contributed by atoms with E-state index in [1.165, 1.54) is 6.42 Å². The van der Waals surface area contributed by atoms with Gasteiger partial charge in [0.05, 0.1) is 17.3 Å². The number of nitrogens with zero attached hydrogens (tertiary/aromatic N) is 3. The largest absolute Gasteiger partial charge is 0.366 e. The number of nitrogens with one attached hydrogen (secondary N) is 2. The maximum absolute atomic E-state index is 12.7. The third-order valence-corrected chi connectivity index (χ3v) is 6.21. The van der Waals surface area contributed by atoms with Crippen molar-refractivity contribution in [2.24, 2.45) is 5.73 Å². The molecule has 0 spiro atoms. The first-order valence-corrected chi connectivity index (χ1v) is 10.6. The number of hydrogen-bond donors (Lipinski definition) is 3. The Bertz CT molecular complexity index is 863. The number of likely N-dealkylation sites (tertiary alicyclic amines) is 1. The molecule has 2 amide bonds. The van der Waals surface area contributed by atoms with Gasteiger partial charge in [0.25, 0.3) is 5.91 Å². The number of benzene rings is 1. The van der Waals surface area contributed by atoms with Crippen LogP contribution in [0.4, 0.5) is 0 Å². The van der Waals surface area contributed by atoms with Crippen molar-refractivity contribution < 1.29 is 9.59 Å². The Balaban J connectivity index is 1.31. The molecule has 2 aliphatic heterocycles. The Morgan fingerprint density at radius 1 is 1.14 bits per heavy atom. The van der Waals surface area contributed by atoms with Gasteiger partial charge in [0.15, 0.2) is 0 Å². The lowest BCUT2D eigenvalue weighted by Crippen LogP contribution is -2.47. The van der Waals surface area contributed by atoms with Gasteiger partial charge < -0.3 is 16.0 Å². The Hall–Kier alpha value is -2.45. The predicted octanol–water partition coefficient (Wildman–Crippen LogP) is 0.881. The minimum absolute atomic E-state index is 0.189. The molecule has 3 heterocycles. The number of piperidine rings is 1. The molecule has 4 rings (SSSR count). The van der Waals surface area contributed by atoms with Crippen LogP contribution in [0, 0.1) is 0 Å². The van der Waals surface area contributed by atoms with Gasteiger partial charge in [-0.15, -0.1) is 0 Å². The fourth-order valence-corrected chi connectivity index (χ4v) is 4.58. The van der Waals surface area contributed by atoms with E-state index >= 15 is 0 Å². The van der Waals surface area contributed by atoms with E-state index in [0.29, 0.717) is 30.0 Å². The van der Waals surface area contributed by atoms with Crippen molar-refractivity contribution in [3.63, 3.8) is 0 Å². The summed E-state index contributed by atoms with van der Waals surface area (Å²) in [5.41, 5.74) is 7.51. The summed E-state index contributed by atoms with van der Waals surface area (Å²) < 4.78 is 0. The van der Waals surface area contributed by atoms with Crippen molar-refractivity contribution in [3.8, 4) is 0 Å². The van der Waals surface area contributed by atoms with Gasteiger partial charge in [-0.2, -0.15) is 5.10 Å². The number of aryl methyl sites for hydroxylation is 1. The monoisotopic (exact) mass is 398 g/mol. The smallest absolute Gasteiger partial charge is 0.250 e. The highest BCUT2D eigenvalue weighted by Crippen LogP contribution is 2.21. The fraction of sp³-hybridized carbons (Fsp3) is 0.571. The second-order valence-corrected chi connectivity index (χ2v) is 8.09. The molecule has 29 heavy (non-hydrogen) atoms. The molecular formula is C21H30N6O2. The molecule has 8 nitrogen and oxygen atoms in total. The number of rotatable bonds is 5. The van der Waals surface area contributed by atoms with Crippen LogP contribution in [0.5, 0.6) is 0 Å². The number of fused-ring (bicyclic) bond motifs is 1. The molecule has 8 heteroatoms. The van der Waals surface area contributed by atoms with Crippen LogP contribution < -0.4 is 11.1 Å². The van der Waals surface area contributed by atoms with Crippen molar-refractivity contribution in [1.82, 2.24) is 25.3 Å². The Morgan fingerprint density at radius 3 is 2.76 bits per heavy atom. The quantitative estimate of drug-likeness (QED) is 0.693. The lowest BCUT2D eigenvalue weighted by molar-refractivity contribution is -0.132. The third kappa shape index (κ3) is 4.59. The number of aromatic nitrogens is 2. The molecule has 156 valence electrons. The highest BCUT2D eigenvalue weighted by Gasteiger charge is 2.27. The van der Waals surface area contributed by atoms with Gasteiger partial charge in [-0.25, -0.2) is 0 Å². The Morgan fingerprint density at radius 2 is 1.97 bits per heavy atom. The third-order valence-electron chi connectivity index (χ3n) is 6.21. The number of nitrogens with two attached hydrogens (primary N) is 1. The first kappa shape index (κ1) is 19.8. The zero-order chi connectivity index (χ0) is 20.2. The van der Waals surface area contributed by atoms with E-state index in [1.807, 2.05) is 11.0 Å². The molecule has 2 aromatic rings. The first-order valence-electron chi connectivity index (χ1n) is 10.6. The zero-order valence-electron chi connectivity index (χ0n) is 16.8. The van der Waals surface area contributed by atoms with Gasteiger partial charge in [-0.3, -0.25) is 19.6 Å². The number of hydrogen-bond acceptors (Lipinski definition) is 5. The van der Waals surface area contributed by atoms with Gasteiger partial charge >= 0.3 is 0 Å². The minimum atomic E-state index is -0.488. The van der Waals surface area contributed by atoms with Crippen LogP contribution in [0.1, 0.15) is 41.6 Å². The summed E-state index contributed by atoms with van der Waals surface area (Å²) in [4.78, 5) is 29.0. The van der Waals surface area contributed by atoms with Gasteiger partial charge in [-0.05, 0) is 56.5 Å². The maximum Gasteiger partial charge on any atom is 0.250 e. The van der Waals surface area contributed by atoms with Crippen molar-refractivity contribution in [1.29, 1.82) is 0 Å². The first-order chi connectivity index (χ1) is 14.1. The van der Waals surface area contributed by atoms with E-state index in [4.69, 9.17) is 5.73 Å². The molecule has 1 aromatic heterocycles. The molecule has 0 atom stereocenters. The van der Waals surface area contributed by atoms with Gasteiger partial charge in [-0.1, -0.05) is 0 Å². The van der Waals surface area contributed by atoms with Crippen LogP contribution >= 0.6 is 0 Å². The van der Waals surface area contributed by atoms with E-state index in [2.05, 4.69) is 20.4 Å². The molecule has 0 unspecified atom stereocenters. The number of H-pyrrole nitrogens is 1. The van der Waals surface area contributed by atoms with Crippen molar-refractivity contribution in [3.05, 3.63) is 29.5 Å². The Kier molecular flexibility index (Phi) is 6.10. The highest BCUT2D eigenvalue weighted by atomic mass is 16.2. The molecule has 2 aliphatic rings. The molecule has 0 bridgehead atoms. The molecule has 0 aliphatic carbocycles. The normalized spacial score (nSPS) is 19.4. The molecule has 2 saturated heterocycles. The molecule has 0 saturated carbocycles. The van der Waals surface area contributed by atoms with Crippen LogP contribution in [-0.2, 0) is 11.2 Å². The van der Waals surface area contributed by atoms with Crippen LogP contribution in [0.3, 0.4) is 0 Å². The van der Waals surface area contributed by atoms with E-state index in [1.54, 1.807) is 12.3 Å². The minimum Gasteiger partial charge on any atom is -0.366 e. The average Bonchev–Trinajstić information content (AvgIpc) is 3.04. The number of carbonyl (C=O) groups excluding carboxylic acids is 2. The highest BCUT2D eigenvalue weighted by molar-refractivity contribution is 6.04. The lowest BCUT2D eigenvalue weighted by atomic mass is 10.0. The van der Waals surface area contributed by atoms with Gasteiger partial charge in [0.2, 0.25) is 5.91 Å². The van der Waals surface area contributed by atoms with E-state index in [-0.39, 0.29) is 5.91 Å². The van der Waals surface area contributed by atoms with Crippen LogP contribution in [-0.4, -0.2) is 77.1 Å². The molecule has 2 fully saturated rings. The predicted molar refractivity (Wildman–Crippen MR) is 112 cm³/mol. The fourth-order valence-electron chi connectivity index (χ4n) is 4.58. The lowest BCUT2D eigenvalue weighted by Gasteiger charge is -2.38. The summed E-state index contributed by atoms with van der Waals surface area (Å²) in [6, 6.07) is 4.34. The van der Waals surface area contributed by atoms with Crippen molar-refractivity contribution >= 4 is 22.7 Å². The average molecular weight is 399 g/mol. The number of carbonyl (C=O) groups is 2. The van der Waals surface area contributed by atoms with Crippen molar-refractivity contribution in [2.75, 3.05) is 39.3 Å². The van der Waals surface area contributed by atoms with Crippen LogP contribution in [0.2, 0.25) is 0 Å². The zero-order valence-corrected chi connectivity index (χ0v) is 16.8. The second kappa shape index (κ2) is 8.92.